The van der Waals surface area contributed by atoms with Crippen LogP contribution in [0.1, 0.15) is 11.1 Å². The molecule has 1 atom stereocenters. The Hall–Kier alpha value is -3.87. The van der Waals surface area contributed by atoms with Crippen LogP contribution in [-0.4, -0.2) is 29.0 Å². The minimum Gasteiger partial charge on any atom is -0.475 e. The summed E-state index contributed by atoms with van der Waals surface area (Å²) in [6, 6.07) is 17.0. The Balaban J connectivity index is 1.74. The third-order valence-corrected chi connectivity index (χ3v) is 4.06. The third kappa shape index (κ3) is 4.64. The fraction of sp³-hybridized carbons (Fsp3) is 0.0952. The lowest BCUT2D eigenvalue weighted by Crippen LogP contribution is -2.47. The highest BCUT2D eigenvalue weighted by Crippen LogP contribution is 2.19. The number of benzene rings is 2. The van der Waals surface area contributed by atoms with Gasteiger partial charge in [0.25, 0.3) is 5.78 Å². The van der Waals surface area contributed by atoms with Crippen LogP contribution in [0.2, 0.25) is 0 Å². The van der Waals surface area contributed by atoms with Crippen molar-refractivity contribution < 1.29 is 24.2 Å². The molecule has 0 saturated carbocycles. The highest BCUT2D eigenvalue weighted by molar-refractivity contribution is 6.35. The number of rotatable bonds is 6. The Morgan fingerprint density at radius 3 is 2.25 bits per heavy atom. The van der Waals surface area contributed by atoms with Crippen molar-refractivity contribution in [3.05, 3.63) is 89.6 Å². The number of aliphatic carboxylic acids is 1. The van der Waals surface area contributed by atoms with Crippen molar-refractivity contribution in [2.24, 2.45) is 0 Å². The van der Waals surface area contributed by atoms with Crippen molar-refractivity contribution in [1.29, 1.82) is 0 Å². The van der Waals surface area contributed by atoms with E-state index >= 15 is 0 Å². The molecule has 0 radical (unpaired) electrons. The highest BCUT2D eigenvalue weighted by Gasteiger charge is 2.32. The van der Waals surface area contributed by atoms with Gasteiger partial charge < -0.3 is 15.2 Å². The van der Waals surface area contributed by atoms with Crippen molar-refractivity contribution >= 4 is 23.5 Å². The first-order valence-corrected chi connectivity index (χ1v) is 8.53. The summed E-state index contributed by atoms with van der Waals surface area (Å²) in [6.07, 6.45) is 2.37. The molecule has 1 amide bonds. The second kappa shape index (κ2) is 8.68. The molecule has 2 aromatic rings. The maximum absolute atomic E-state index is 12.1. The van der Waals surface area contributed by atoms with Gasteiger partial charge in [0.05, 0.1) is 5.70 Å². The van der Waals surface area contributed by atoms with Crippen molar-refractivity contribution in [2.45, 2.75) is 12.6 Å². The number of dihydropyridines is 1. The average Bonchev–Trinajstić information content (AvgIpc) is 2.73. The lowest BCUT2D eigenvalue weighted by molar-refractivity contribution is -0.149. The van der Waals surface area contributed by atoms with E-state index in [0.29, 0.717) is 5.70 Å². The molecule has 1 heterocycles. The smallest absolute Gasteiger partial charge is 0.411 e. The first-order valence-electron chi connectivity index (χ1n) is 8.53. The number of carboxylic acid groups (broad SMARTS) is 1. The monoisotopic (exact) mass is 378 g/mol. The normalized spacial score (nSPS) is 15.5. The largest absolute Gasteiger partial charge is 0.475 e. The summed E-state index contributed by atoms with van der Waals surface area (Å²) in [5.74, 6) is -2.69. The number of amides is 1. The van der Waals surface area contributed by atoms with Gasteiger partial charge in [-0.3, -0.25) is 10.1 Å². The van der Waals surface area contributed by atoms with Gasteiger partial charge in [0.1, 0.15) is 12.6 Å². The number of alkyl carbamates (subject to hydrolysis) is 1. The minimum atomic E-state index is -1.60. The van der Waals surface area contributed by atoms with E-state index in [1.165, 1.54) is 6.08 Å². The maximum Gasteiger partial charge on any atom is 0.411 e. The van der Waals surface area contributed by atoms with E-state index in [2.05, 4.69) is 10.6 Å². The molecule has 1 aliphatic heterocycles. The number of hydrogen-bond acceptors (Lipinski definition) is 5. The van der Waals surface area contributed by atoms with Crippen LogP contribution in [0.3, 0.4) is 0 Å². The topological polar surface area (TPSA) is 105 Å². The van der Waals surface area contributed by atoms with E-state index in [1.54, 1.807) is 18.2 Å². The number of ether oxygens (including phenoxy) is 1. The Labute approximate surface area is 161 Å². The molecule has 7 heteroatoms. The fourth-order valence-electron chi connectivity index (χ4n) is 2.67. The molecule has 0 bridgehead atoms. The van der Waals surface area contributed by atoms with Gasteiger partial charge in [0, 0.05) is 5.70 Å². The van der Waals surface area contributed by atoms with Crippen LogP contribution in [-0.2, 0) is 20.9 Å². The summed E-state index contributed by atoms with van der Waals surface area (Å²) in [6.45, 7) is 0.0516. The number of carbonyl (C=O) groups is 3. The summed E-state index contributed by atoms with van der Waals surface area (Å²) < 4.78 is 5.13. The molecule has 0 spiro atoms. The standard InChI is InChI=1S/C21H18N2O5/c24-19(20(25)26)18-17(12-11-16(22-18)15-9-5-2-6-10-15)23-21(27)28-13-14-7-3-1-4-8-14/h1-12,18,22H,13H2,(H,23,27)(H,25,26). The third-order valence-electron chi connectivity index (χ3n) is 4.06. The number of carboxylic acids is 1. The van der Waals surface area contributed by atoms with Crippen LogP contribution in [0.4, 0.5) is 4.79 Å². The zero-order valence-corrected chi connectivity index (χ0v) is 14.8. The maximum atomic E-state index is 12.1. The van der Waals surface area contributed by atoms with Crippen molar-refractivity contribution in [3.8, 4) is 0 Å². The molecule has 0 aromatic heterocycles. The zero-order valence-electron chi connectivity index (χ0n) is 14.8. The first-order chi connectivity index (χ1) is 13.5. The van der Waals surface area contributed by atoms with Crippen LogP contribution in [0.25, 0.3) is 5.70 Å². The van der Waals surface area contributed by atoms with Crippen LogP contribution in [0.5, 0.6) is 0 Å². The summed E-state index contributed by atoms with van der Waals surface area (Å²) in [4.78, 5) is 35.4. The minimum absolute atomic E-state index is 0.0516. The van der Waals surface area contributed by atoms with Crippen molar-refractivity contribution in [3.63, 3.8) is 0 Å². The number of ketones is 1. The summed E-state index contributed by atoms with van der Waals surface area (Å²) >= 11 is 0. The van der Waals surface area contributed by atoms with E-state index < -0.39 is 23.9 Å². The lowest BCUT2D eigenvalue weighted by atomic mass is 10.0. The van der Waals surface area contributed by atoms with Gasteiger partial charge in [-0.25, -0.2) is 9.59 Å². The molecule has 1 unspecified atom stereocenters. The van der Waals surface area contributed by atoms with Gasteiger partial charge in [0.2, 0.25) is 0 Å². The van der Waals surface area contributed by atoms with E-state index in [-0.39, 0.29) is 12.3 Å². The average molecular weight is 378 g/mol. The summed E-state index contributed by atoms with van der Waals surface area (Å²) in [5, 5.41) is 14.4. The Kier molecular flexibility index (Phi) is 5.86. The van der Waals surface area contributed by atoms with Crippen molar-refractivity contribution in [2.75, 3.05) is 0 Å². The van der Waals surface area contributed by atoms with Crippen LogP contribution in [0, 0.1) is 0 Å². The highest BCUT2D eigenvalue weighted by atomic mass is 16.5. The number of nitrogens with one attached hydrogen (secondary N) is 2. The predicted molar refractivity (Wildman–Crippen MR) is 102 cm³/mol. The van der Waals surface area contributed by atoms with E-state index in [9.17, 15) is 14.4 Å². The first kappa shape index (κ1) is 18.9. The van der Waals surface area contributed by atoms with E-state index in [4.69, 9.17) is 9.84 Å². The molecule has 3 N–H and O–H groups in total. The molecular formula is C21H18N2O5. The summed E-state index contributed by atoms with van der Waals surface area (Å²) in [7, 11) is 0. The van der Waals surface area contributed by atoms with Gasteiger partial charge in [0.15, 0.2) is 0 Å². The Morgan fingerprint density at radius 2 is 1.61 bits per heavy atom. The Bertz CT molecular complexity index is 936. The number of Topliss-reactive ketones (excluding diaryl/α,β-unsaturated/α-hetero) is 1. The van der Waals surface area contributed by atoms with Crippen LogP contribution in [0.15, 0.2) is 78.5 Å². The second-order valence-corrected chi connectivity index (χ2v) is 6.00. The molecule has 3 rings (SSSR count). The van der Waals surface area contributed by atoms with E-state index in [0.717, 1.165) is 11.1 Å². The van der Waals surface area contributed by atoms with Gasteiger partial charge in [-0.05, 0) is 23.3 Å². The van der Waals surface area contributed by atoms with E-state index in [1.807, 2.05) is 48.5 Å². The molecular weight excluding hydrogens is 360 g/mol. The molecule has 2 aromatic carbocycles. The van der Waals surface area contributed by atoms with Gasteiger partial charge in [-0.2, -0.15) is 0 Å². The van der Waals surface area contributed by atoms with Crippen LogP contribution >= 0.6 is 0 Å². The fourth-order valence-corrected chi connectivity index (χ4v) is 2.67. The van der Waals surface area contributed by atoms with Gasteiger partial charge in [-0.1, -0.05) is 60.7 Å². The second-order valence-electron chi connectivity index (χ2n) is 6.00. The zero-order chi connectivity index (χ0) is 19.9. The molecule has 0 fully saturated rings. The van der Waals surface area contributed by atoms with Crippen LogP contribution < -0.4 is 10.6 Å². The number of carbonyl (C=O) groups excluding carboxylic acids is 2. The van der Waals surface area contributed by atoms with Gasteiger partial charge in [-0.15, -0.1) is 0 Å². The predicted octanol–water partition coefficient (Wildman–Crippen LogP) is 2.46. The molecule has 1 aliphatic rings. The lowest BCUT2D eigenvalue weighted by Gasteiger charge is -2.25. The molecule has 142 valence electrons. The number of hydrogen-bond donors (Lipinski definition) is 3. The quantitative estimate of drug-likeness (QED) is 0.667. The van der Waals surface area contributed by atoms with Crippen molar-refractivity contribution in [1.82, 2.24) is 10.6 Å². The molecule has 7 nitrogen and oxygen atoms in total. The SMILES string of the molecule is O=C(NC1=CC=C(c2ccccc2)NC1C(=O)C(=O)O)OCc1ccccc1. The number of allylic oxidation sites excluding steroid dienone is 2. The van der Waals surface area contributed by atoms with Gasteiger partial charge >= 0.3 is 12.1 Å². The summed E-state index contributed by atoms with van der Waals surface area (Å²) in [5.41, 5.74) is 2.26. The molecule has 0 saturated heterocycles. The Morgan fingerprint density at radius 1 is 0.964 bits per heavy atom. The molecule has 28 heavy (non-hydrogen) atoms. The molecule has 0 aliphatic carbocycles.